The lowest BCUT2D eigenvalue weighted by molar-refractivity contribution is -0.134. The third kappa shape index (κ3) is 4.55. The minimum absolute atomic E-state index is 0.110. The average Bonchev–Trinajstić information content (AvgIpc) is 2.45. The molecule has 1 aromatic rings. The van der Waals surface area contributed by atoms with Gasteiger partial charge in [0, 0.05) is 13.1 Å². The van der Waals surface area contributed by atoms with Crippen LogP contribution in [0, 0.1) is 5.92 Å². The largest absolute Gasteiger partial charge is 0.484 e. The molecule has 2 rings (SSSR count). The van der Waals surface area contributed by atoms with Gasteiger partial charge in [-0.05, 0) is 49.3 Å². The molecule has 110 valence electrons. The van der Waals surface area contributed by atoms with Gasteiger partial charge in [-0.2, -0.15) is 0 Å². The highest BCUT2D eigenvalue weighted by Crippen LogP contribution is 2.17. The topological polar surface area (TPSA) is 29.5 Å². The standard InChI is InChI=1S/C17H25NO2/c1-14(2)11-15-7-6-8-16(12-15)20-13-17(19)18-9-4-3-5-10-18/h6-8,12,14H,3-5,9-11,13H2,1-2H3. The fraction of sp³-hybridized carbons (Fsp3) is 0.588. The Morgan fingerprint density at radius 1 is 1.25 bits per heavy atom. The Morgan fingerprint density at radius 2 is 2.00 bits per heavy atom. The maximum Gasteiger partial charge on any atom is 0.260 e. The lowest BCUT2D eigenvalue weighted by atomic mass is 10.0. The van der Waals surface area contributed by atoms with E-state index in [1.165, 1.54) is 12.0 Å². The first-order chi connectivity index (χ1) is 9.65. The van der Waals surface area contributed by atoms with E-state index in [2.05, 4.69) is 19.9 Å². The van der Waals surface area contributed by atoms with E-state index >= 15 is 0 Å². The summed E-state index contributed by atoms with van der Waals surface area (Å²) in [6, 6.07) is 8.08. The fourth-order valence-corrected chi connectivity index (χ4v) is 2.61. The predicted molar refractivity (Wildman–Crippen MR) is 80.9 cm³/mol. The van der Waals surface area contributed by atoms with E-state index in [9.17, 15) is 4.79 Å². The Balaban J connectivity index is 1.85. The maximum absolute atomic E-state index is 12.0. The molecule has 20 heavy (non-hydrogen) atoms. The van der Waals surface area contributed by atoms with Crippen LogP contribution < -0.4 is 4.74 Å². The molecule has 1 aliphatic rings. The number of nitrogens with zero attached hydrogens (tertiary/aromatic N) is 1. The second-order valence-corrected chi connectivity index (χ2v) is 5.98. The molecule has 1 amide bonds. The highest BCUT2D eigenvalue weighted by molar-refractivity contribution is 5.77. The third-order valence-electron chi connectivity index (χ3n) is 3.61. The number of likely N-dealkylation sites (tertiary alicyclic amines) is 1. The van der Waals surface area contributed by atoms with E-state index in [4.69, 9.17) is 4.74 Å². The van der Waals surface area contributed by atoms with Crippen LogP contribution in [-0.4, -0.2) is 30.5 Å². The molecular weight excluding hydrogens is 250 g/mol. The van der Waals surface area contributed by atoms with E-state index < -0.39 is 0 Å². The molecule has 3 nitrogen and oxygen atoms in total. The number of carbonyl (C=O) groups excluding carboxylic acids is 1. The van der Waals surface area contributed by atoms with Crippen molar-refractivity contribution in [2.45, 2.75) is 39.5 Å². The van der Waals surface area contributed by atoms with E-state index in [1.54, 1.807) is 0 Å². The van der Waals surface area contributed by atoms with Crippen molar-refractivity contribution < 1.29 is 9.53 Å². The zero-order valence-electron chi connectivity index (χ0n) is 12.6. The Hall–Kier alpha value is -1.51. The number of hydrogen-bond donors (Lipinski definition) is 0. The van der Waals surface area contributed by atoms with Crippen LogP contribution in [0.1, 0.15) is 38.7 Å². The molecule has 0 N–H and O–H groups in total. The summed E-state index contributed by atoms with van der Waals surface area (Å²) in [7, 11) is 0. The first-order valence-electron chi connectivity index (χ1n) is 7.64. The molecule has 0 unspecified atom stereocenters. The van der Waals surface area contributed by atoms with Crippen molar-refractivity contribution in [2.24, 2.45) is 5.92 Å². The molecule has 1 aromatic carbocycles. The van der Waals surface area contributed by atoms with Crippen LogP contribution in [0.25, 0.3) is 0 Å². The van der Waals surface area contributed by atoms with E-state index in [-0.39, 0.29) is 12.5 Å². The third-order valence-corrected chi connectivity index (χ3v) is 3.61. The first-order valence-corrected chi connectivity index (χ1v) is 7.64. The minimum Gasteiger partial charge on any atom is -0.484 e. The molecular formula is C17H25NO2. The summed E-state index contributed by atoms with van der Waals surface area (Å²) in [5.41, 5.74) is 1.27. The summed E-state index contributed by atoms with van der Waals surface area (Å²) in [6.07, 6.45) is 4.52. The normalized spacial score (nSPS) is 15.4. The minimum atomic E-state index is 0.110. The Kier molecular flexibility index (Phi) is 5.45. The SMILES string of the molecule is CC(C)Cc1cccc(OCC(=O)N2CCCCC2)c1. The summed E-state index contributed by atoms with van der Waals surface area (Å²) in [5, 5.41) is 0. The van der Waals surface area contributed by atoms with Gasteiger partial charge in [0.2, 0.25) is 0 Å². The molecule has 0 spiro atoms. The van der Waals surface area contributed by atoms with Gasteiger partial charge in [0.05, 0.1) is 0 Å². The van der Waals surface area contributed by atoms with Crippen LogP contribution in [-0.2, 0) is 11.2 Å². The summed E-state index contributed by atoms with van der Waals surface area (Å²) in [6.45, 7) is 6.33. The van der Waals surface area contributed by atoms with Gasteiger partial charge >= 0.3 is 0 Å². The lowest BCUT2D eigenvalue weighted by Gasteiger charge is -2.26. The average molecular weight is 275 g/mol. The number of carbonyl (C=O) groups is 1. The molecule has 1 fully saturated rings. The predicted octanol–water partition coefficient (Wildman–Crippen LogP) is 3.28. The Morgan fingerprint density at radius 3 is 2.70 bits per heavy atom. The quantitative estimate of drug-likeness (QED) is 0.825. The number of ether oxygens (including phenoxy) is 1. The lowest BCUT2D eigenvalue weighted by Crippen LogP contribution is -2.38. The highest BCUT2D eigenvalue weighted by Gasteiger charge is 2.16. The molecule has 0 aromatic heterocycles. The monoisotopic (exact) mass is 275 g/mol. The summed E-state index contributed by atoms with van der Waals surface area (Å²) < 4.78 is 5.65. The first kappa shape index (κ1) is 14.9. The smallest absolute Gasteiger partial charge is 0.260 e. The van der Waals surface area contributed by atoms with Gasteiger partial charge in [0.1, 0.15) is 5.75 Å². The van der Waals surface area contributed by atoms with E-state index in [0.717, 1.165) is 38.1 Å². The van der Waals surface area contributed by atoms with Crippen LogP contribution in [0.5, 0.6) is 5.75 Å². The Bertz CT molecular complexity index is 436. The molecule has 1 saturated heterocycles. The van der Waals surface area contributed by atoms with Crippen LogP contribution in [0.15, 0.2) is 24.3 Å². The molecule has 0 saturated carbocycles. The van der Waals surface area contributed by atoms with Crippen molar-refractivity contribution in [3.63, 3.8) is 0 Å². The van der Waals surface area contributed by atoms with Crippen molar-refractivity contribution in [1.29, 1.82) is 0 Å². The molecule has 0 atom stereocenters. The molecule has 0 radical (unpaired) electrons. The number of amides is 1. The number of benzene rings is 1. The number of piperidine rings is 1. The van der Waals surface area contributed by atoms with Crippen LogP contribution >= 0.6 is 0 Å². The summed E-state index contributed by atoms with van der Waals surface area (Å²) in [5.74, 6) is 1.53. The van der Waals surface area contributed by atoms with Crippen molar-refractivity contribution in [3.05, 3.63) is 29.8 Å². The summed E-state index contributed by atoms with van der Waals surface area (Å²) in [4.78, 5) is 14.0. The van der Waals surface area contributed by atoms with Crippen molar-refractivity contribution in [1.82, 2.24) is 4.90 Å². The van der Waals surface area contributed by atoms with Crippen LogP contribution in [0.3, 0.4) is 0 Å². The second kappa shape index (κ2) is 7.32. The van der Waals surface area contributed by atoms with Gasteiger partial charge in [-0.15, -0.1) is 0 Å². The fourth-order valence-electron chi connectivity index (χ4n) is 2.61. The number of hydrogen-bond acceptors (Lipinski definition) is 2. The van der Waals surface area contributed by atoms with Crippen LogP contribution in [0.4, 0.5) is 0 Å². The molecule has 1 aliphatic heterocycles. The number of rotatable bonds is 5. The van der Waals surface area contributed by atoms with Crippen molar-refractivity contribution >= 4 is 5.91 Å². The van der Waals surface area contributed by atoms with Crippen molar-refractivity contribution in [3.8, 4) is 5.75 Å². The molecule has 3 heteroatoms. The second-order valence-electron chi connectivity index (χ2n) is 5.98. The van der Waals surface area contributed by atoms with E-state index in [1.807, 2.05) is 23.1 Å². The molecule has 1 heterocycles. The van der Waals surface area contributed by atoms with Gasteiger partial charge in [0.15, 0.2) is 6.61 Å². The van der Waals surface area contributed by atoms with Gasteiger partial charge in [-0.3, -0.25) is 4.79 Å². The Labute approximate surface area is 121 Å². The molecule has 0 bridgehead atoms. The van der Waals surface area contributed by atoms with Gasteiger partial charge in [0.25, 0.3) is 5.91 Å². The maximum atomic E-state index is 12.0. The van der Waals surface area contributed by atoms with Crippen molar-refractivity contribution in [2.75, 3.05) is 19.7 Å². The van der Waals surface area contributed by atoms with Crippen LogP contribution in [0.2, 0.25) is 0 Å². The highest BCUT2D eigenvalue weighted by atomic mass is 16.5. The molecule has 0 aliphatic carbocycles. The van der Waals surface area contributed by atoms with Gasteiger partial charge < -0.3 is 9.64 Å². The zero-order chi connectivity index (χ0) is 14.4. The summed E-state index contributed by atoms with van der Waals surface area (Å²) >= 11 is 0. The van der Waals surface area contributed by atoms with Gasteiger partial charge in [-0.25, -0.2) is 0 Å². The zero-order valence-corrected chi connectivity index (χ0v) is 12.6. The van der Waals surface area contributed by atoms with Gasteiger partial charge in [-0.1, -0.05) is 26.0 Å². The van der Waals surface area contributed by atoms with E-state index in [0.29, 0.717) is 5.92 Å².